The fourth-order valence-corrected chi connectivity index (χ4v) is 5.65. The van der Waals surface area contributed by atoms with Gasteiger partial charge in [0.05, 0.1) is 0 Å². The van der Waals surface area contributed by atoms with Gasteiger partial charge in [0.25, 0.3) is 0 Å². The van der Waals surface area contributed by atoms with Gasteiger partial charge in [0.15, 0.2) is 0 Å². The average molecular weight is 322 g/mol. The van der Waals surface area contributed by atoms with Crippen molar-refractivity contribution in [2.75, 3.05) is 32.8 Å². The summed E-state index contributed by atoms with van der Waals surface area (Å²) in [6.45, 7) is 6.15. The van der Waals surface area contributed by atoms with Crippen molar-refractivity contribution in [3.63, 3.8) is 0 Å². The molecule has 0 radical (unpaired) electrons. The summed E-state index contributed by atoms with van der Waals surface area (Å²) in [6, 6.07) is 1.10. The van der Waals surface area contributed by atoms with Crippen LogP contribution in [0.3, 0.4) is 0 Å². The van der Waals surface area contributed by atoms with Gasteiger partial charge in [-0.2, -0.15) is 11.8 Å². The summed E-state index contributed by atoms with van der Waals surface area (Å²) in [7, 11) is 2.47. The number of amides is 1. The molecule has 0 aromatic heterocycles. The van der Waals surface area contributed by atoms with Crippen LogP contribution in [0.5, 0.6) is 0 Å². The van der Waals surface area contributed by atoms with E-state index in [1.54, 1.807) is 21.3 Å². The van der Waals surface area contributed by atoms with Crippen molar-refractivity contribution in [3.8, 4) is 0 Å². The molecule has 118 valence electrons. The van der Waals surface area contributed by atoms with Gasteiger partial charge >= 0.3 is 8.80 Å². The van der Waals surface area contributed by atoms with Crippen LogP contribution in [-0.2, 0) is 18.1 Å². The molecule has 1 amide bonds. The van der Waals surface area contributed by atoms with Crippen LogP contribution in [-0.4, -0.2) is 64.0 Å². The van der Waals surface area contributed by atoms with Crippen LogP contribution < -0.4 is 0 Å². The predicted octanol–water partition coefficient (Wildman–Crippen LogP) is 2.00. The van der Waals surface area contributed by atoms with E-state index in [1.807, 2.05) is 23.6 Å². The monoisotopic (exact) mass is 321 g/mol. The van der Waals surface area contributed by atoms with E-state index >= 15 is 0 Å². The first-order chi connectivity index (χ1) is 9.37. The second-order valence-electron chi connectivity index (χ2n) is 5.49. The van der Waals surface area contributed by atoms with Gasteiger partial charge < -0.3 is 18.2 Å². The molecule has 0 N–H and O–H groups in total. The normalized spacial score (nSPS) is 22.8. The van der Waals surface area contributed by atoms with Crippen LogP contribution in [0.15, 0.2) is 0 Å². The molecule has 1 unspecified atom stereocenters. The molecule has 1 fully saturated rings. The fraction of sp³-hybridized carbons (Fsp3) is 0.923. The summed E-state index contributed by atoms with van der Waals surface area (Å²) >= 11 is 1.81. The minimum Gasteiger partial charge on any atom is -0.377 e. The lowest BCUT2D eigenvalue weighted by Crippen LogP contribution is -2.42. The van der Waals surface area contributed by atoms with Crippen LogP contribution >= 0.6 is 11.8 Å². The maximum absolute atomic E-state index is 11.8. The zero-order valence-corrected chi connectivity index (χ0v) is 15.2. The molecule has 1 aliphatic rings. The molecular formula is C13H27NO4SSi. The second kappa shape index (κ2) is 7.26. The van der Waals surface area contributed by atoms with Crippen LogP contribution in [0.4, 0.5) is 0 Å². The highest BCUT2D eigenvalue weighted by atomic mass is 32.2. The molecule has 0 bridgehead atoms. The number of thioether (sulfide) groups is 1. The highest BCUT2D eigenvalue weighted by Gasteiger charge is 2.59. The Morgan fingerprint density at radius 3 is 2.20 bits per heavy atom. The average Bonchev–Trinajstić information content (AvgIpc) is 2.97. The van der Waals surface area contributed by atoms with Crippen molar-refractivity contribution in [2.45, 2.75) is 44.8 Å². The van der Waals surface area contributed by atoms with E-state index in [0.29, 0.717) is 6.04 Å². The van der Waals surface area contributed by atoms with Crippen molar-refractivity contribution in [1.82, 2.24) is 4.90 Å². The highest BCUT2D eigenvalue weighted by Crippen LogP contribution is 2.39. The topological polar surface area (TPSA) is 47.8 Å². The zero-order valence-electron chi connectivity index (χ0n) is 13.4. The van der Waals surface area contributed by atoms with Crippen molar-refractivity contribution in [1.29, 1.82) is 0 Å². The van der Waals surface area contributed by atoms with Crippen molar-refractivity contribution in [2.24, 2.45) is 0 Å². The number of carbonyl (C=O) groups excluding carboxylic acids is 1. The highest BCUT2D eigenvalue weighted by molar-refractivity contribution is 7.99. The van der Waals surface area contributed by atoms with Crippen LogP contribution in [0.25, 0.3) is 0 Å². The molecule has 1 aliphatic heterocycles. The number of carbonyl (C=O) groups is 1. The lowest BCUT2D eigenvalue weighted by molar-refractivity contribution is -0.114. The molecule has 1 atom stereocenters. The first-order valence-electron chi connectivity index (χ1n) is 6.94. The van der Waals surface area contributed by atoms with E-state index in [4.69, 9.17) is 13.3 Å². The van der Waals surface area contributed by atoms with Crippen molar-refractivity contribution >= 4 is 26.5 Å². The first-order valence-corrected chi connectivity index (χ1v) is 10.0. The minimum atomic E-state index is -2.43. The number of hydrogen-bond donors (Lipinski definition) is 0. The lowest BCUT2D eigenvalue weighted by atomic mass is 10.2. The fourth-order valence-electron chi connectivity index (χ4n) is 2.52. The molecule has 0 aromatic carbocycles. The Labute approximate surface area is 127 Å². The van der Waals surface area contributed by atoms with Crippen LogP contribution in [0.1, 0.15) is 27.2 Å². The number of hydrogen-bond acceptors (Lipinski definition) is 5. The lowest BCUT2D eigenvalue weighted by Gasteiger charge is -2.24. The molecule has 0 spiro atoms. The van der Waals surface area contributed by atoms with Gasteiger partial charge in [-0.05, 0) is 32.9 Å². The second-order valence-corrected chi connectivity index (χ2v) is 9.69. The maximum atomic E-state index is 11.8. The number of nitrogens with zero attached hydrogens (tertiary/aromatic N) is 1. The van der Waals surface area contributed by atoms with E-state index in [2.05, 4.69) is 13.8 Å². The first kappa shape index (κ1) is 18.0. The molecule has 5 nitrogen and oxygen atoms in total. The predicted molar refractivity (Wildman–Crippen MR) is 83.9 cm³/mol. The Morgan fingerprint density at radius 2 is 1.80 bits per heavy atom. The molecule has 0 aromatic rings. The van der Waals surface area contributed by atoms with Gasteiger partial charge in [0.1, 0.15) is 5.54 Å². The van der Waals surface area contributed by atoms with Gasteiger partial charge in [0, 0.05) is 39.2 Å². The third-order valence-corrected chi connectivity index (χ3v) is 7.94. The Hall–Kier alpha value is -0.0831. The van der Waals surface area contributed by atoms with E-state index in [0.717, 1.165) is 24.0 Å². The summed E-state index contributed by atoms with van der Waals surface area (Å²) in [5, 5.41) is 0. The molecular weight excluding hydrogens is 294 g/mol. The summed E-state index contributed by atoms with van der Waals surface area (Å²) in [5.74, 6) is 2.11. The van der Waals surface area contributed by atoms with Crippen molar-refractivity contribution in [3.05, 3.63) is 0 Å². The molecule has 0 saturated carbocycles. The van der Waals surface area contributed by atoms with Crippen LogP contribution in [0.2, 0.25) is 6.04 Å². The largest absolute Gasteiger partial charge is 0.500 e. The van der Waals surface area contributed by atoms with Gasteiger partial charge in [0.2, 0.25) is 5.91 Å². The van der Waals surface area contributed by atoms with Gasteiger partial charge in [-0.3, -0.25) is 4.79 Å². The Morgan fingerprint density at radius 1 is 1.25 bits per heavy atom. The third kappa shape index (κ3) is 3.76. The Balaban J connectivity index is 2.25. The van der Waals surface area contributed by atoms with Crippen LogP contribution in [0, 0.1) is 0 Å². The van der Waals surface area contributed by atoms with Gasteiger partial charge in [-0.15, -0.1) is 0 Å². The van der Waals surface area contributed by atoms with E-state index < -0.39 is 8.80 Å². The molecule has 1 rings (SSSR count). The molecule has 1 saturated heterocycles. The SMILES string of the molecule is CO[Si](CCCSCC1(C)C(=O)N1C(C)C)(OC)OC. The summed E-state index contributed by atoms with van der Waals surface area (Å²) < 4.78 is 16.2. The minimum absolute atomic E-state index is 0.253. The summed E-state index contributed by atoms with van der Waals surface area (Å²) in [5.41, 5.74) is -0.253. The standard InChI is InChI=1S/C13H27NO4SSi/c1-11(2)14-12(15)13(14,3)10-19-8-7-9-20(16-4,17-5)18-6/h11H,7-10H2,1-6H3. The molecule has 20 heavy (non-hydrogen) atoms. The molecule has 1 heterocycles. The third-order valence-electron chi connectivity index (χ3n) is 3.77. The van der Waals surface area contributed by atoms with E-state index in [9.17, 15) is 4.79 Å². The summed E-state index contributed by atoms with van der Waals surface area (Å²) in [4.78, 5) is 13.8. The Kier molecular flexibility index (Phi) is 6.52. The van der Waals surface area contributed by atoms with Gasteiger partial charge in [-0.25, -0.2) is 0 Å². The van der Waals surface area contributed by atoms with Crippen molar-refractivity contribution < 1.29 is 18.1 Å². The van der Waals surface area contributed by atoms with E-state index in [-0.39, 0.29) is 11.4 Å². The number of rotatable bonds is 10. The molecule has 7 heteroatoms. The zero-order chi connectivity index (χ0) is 15.4. The van der Waals surface area contributed by atoms with Gasteiger partial charge in [-0.1, -0.05) is 0 Å². The quantitative estimate of drug-likeness (QED) is 0.350. The Bertz CT molecular complexity index is 330. The van der Waals surface area contributed by atoms with E-state index in [1.165, 1.54) is 0 Å². The maximum Gasteiger partial charge on any atom is 0.500 e. The smallest absolute Gasteiger partial charge is 0.377 e. The summed E-state index contributed by atoms with van der Waals surface area (Å²) in [6.07, 6.45) is 0.971. The molecule has 0 aliphatic carbocycles.